The van der Waals surface area contributed by atoms with E-state index in [1.807, 2.05) is 0 Å². The molecule has 0 amide bonds. The summed E-state index contributed by atoms with van der Waals surface area (Å²) in [5.74, 6) is 0. The van der Waals surface area contributed by atoms with E-state index in [2.05, 4.69) is 31.9 Å². The van der Waals surface area contributed by atoms with Gasteiger partial charge in [0.2, 0.25) is 0 Å². The Morgan fingerprint density at radius 1 is 1.71 bits per heavy atom. The molecule has 0 spiro atoms. The average molecular weight is 230 g/mol. The molecule has 1 aliphatic heterocycles. The molecule has 1 saturated heterocycles. The summed E-state index contributed by atoms with van der Waals surface area (Å²) in [5, 5.41) is 0.947. The van der Waals surface area contributed by atoms with Crippen molar-refractivity contribution >= 4 is 31.9 Å². The van der Waals surface area contributed by atoms with Gasteiger partial charge in [-0.15, -0.1) is 0 Å². The Morgan fingerprint density at radius 2 is 2.43 bits per heavy atom. The third-order valence-corrected chi connectivity index (χ3v) is 2.52. The maximum absolute atomic E-state index is 5.10. The average Bonchev–Trinajstić information content (AvgIpc) is 1.65. The Kier molecular flexibility index (Phi) is 2.13. The van der Waals surface area contributed by atoms with E-state index in [4.69, 9.17) is 4.74 Å². The lowest BCUT2D eigenvalue weighted by Gasteiger charge is -2.30. The van der Waals surface area contributed by atoms with Crippen LogP contribution in [0.4, 0.5) is 0 Å². The Hall–Kier alpha value is 0.920. The monoisotopic (exact) mass is 228 g/mol. The second kappa shape index (κ2) is 2.46. The first-order chi connectivity index (χ1) is 3.34. The van der Waals surface area contributed by atoms with Crippen molar-refractivity contribution in [1.82, 2.24) is 0 Å². The lowest BCUT2D eigenvalue weighted by atomic mass is 10.2. The molecular weight excluding hydrogens is 224 g/mol. The van der Waals surface area contributed by atoms with E-state index >= 15 is 0 Å². The van der Waals surface area contributed by atoms with E-state index in [0.717, 1.165) is 11.9 Å². The smallest absolute Gasteiger partial charge is 0.0819 e. The fraction of sp³-hybridized carbons (Fsp3) is 1.00. The molecule has 1 aliphatic rings. The SMILES string of the molecule is BrCC1OCC1Br. The van der Waals surface area contributed by atoms with E-state index < -0.39 is 0 Å². The molecule has 1 rings (SSSR count). The van der Waals surface area contributed by atoms with Crippen LogP contribution in [0.5, 0.6) is 0 Å². The van der Waals surface area contributed by atoms with E-state index in [-0.39, 0.29) is 0 Å². The second-order valence-electron chi connectivity index (χ2n) is 1.54. The highest BCUT2D eigenvalue weighted by atomic mass is 79.9. The van der Waals surface area contributed by atoms with E-state index in [9.17, 15) is 0 Å². The van der Waals surface area contributed by atoms with Gasteiger partial charge in [-0.1, -0.05) is 31.9 Å². The molecular formula is C4H6Br2O. The molecule has 1 heterocycles. The lowest BCUT2D eigenvalue weighted by Crippen LogP contribution is -2.41. The summed E-state index contributed by atoms with van der Waals surface area (Å²) in [6, 6.07) is 0. The third kappa shape index (κ3) is 1.18. The summed E-state index contributed by atoms with van der Waals surface area (Å²) in [6.07, 6.45) is 0.417. The van der Waals surface area contributed by atoms with Gasteiger partial charge in [0, 0.05) is 5.33 Å². The predicted molar refractivity (Wildman–Crippen MR) is 36.2 cm³/mol. The number of alkyl halides is 2. The van der Waals surface area contributed by atoms with Crippen LogP contribution in [0.3, 0.4) is 0 Å². The van der Waals surface area contributed by atoms with Crippen LogP contribution < -0.4 is 0 Å². The number of hydrogen-bond donors (Lipinski definition) is 0. The molecule has 42 valence electrons. The molecule has 7 heavy (non-hydrogen) atoms. The van der Waals surface area contributed by atoms with Gasteiger partial charge >= 0.3 is 0 Å². The molecule has 0 aromatic rings. The summed E-state index contributed by atoms with van der Waals surface area (Å²) in [5.41, 5.74) is 0. The van der Waals surface area contributed by atoms with Crippen LogP contribution in [-0.2, 0) is 4.74 Å². The summed E-state index contributed by atoms with van der Waals surface area (Å²) >= 11 is 6.74. The van der Waals surface area contributed by atoms with Crippen LogP contribution in [-0.4, -0.2) is 22.9 Å². The molecule has 0 aromatic heterocycles. The van der Waals surface area contributed by atoms with Crippen LogP contribution >= 0.6 is 31.9 Å². The van der Waals surface area contributed by atoms with Crippen LogP contribution in [0.25, 0.3) is 0 Å². The number of ether oxygens (including phenoxy) is 1. The predicted octanol–water partition coefficient (Wildman–Crippen LogP) is 1.54. The summed E-state index contributed by atoms with van der Waals surface area (Å²) in [7, 11) is 0. The summed E-state index contributed by atoms with van der Waals surface area (Å²) in [6.45, 7) is 0.871. The highest BCUT2D eigenvalue weighted by Crippen LogP contribution is 2.21. The van der Waals surface area contributed by atoms with Crippen LogP contribution in [0.15, 0.2) is 0 Å². The molecule has 3 heteroatoms. The Bertz CT molecular complexity index is 64.7. The standard InChI is InChI=1S/C4H6Br2O/c5-1-4-3(6)2-7-4/h3-4H,1-2H2. The highest BCUT2D eigenvalue weighted by Gasteiger charge is 2.27. The van der Waals surface area contributed by atoms with Crippen molar-refractivity contribution < 1.29 is 4.74 Å². The van der Waals surface area contributed by atoms with Gasteiger partial charge in [0.15, 0.2) is 0 Å². The van der Waals surface area contributed by atoms with Gasteiger partial charge < -0.3 is 4.74 Å². The molecule has 0 radical (unpaired) electrons. The normalized spacial score (nSPS) is 40.3. The zero-order chi connectivity index (χ0) is 5.28. The molecule has 1 fully saturated rings. The Balaban J connectivity index is 2.16. The molecule has 0 aliphatic carbocycles. The highest BCUT2D eigenvalue weighted by molar-refractivity contribution is 9.10. The van der Waals surface area contributed by atoms with Gasteiger partial charge in [-0.05, 0) is 0 Å². The molecule has 0 N–H and O–H groups in total. The zero-order valence-corrected chi connectivity index (χ0v) is 6.91. The Labute approximate surface area is 59.7 Å². The summed E-state index contributed by atoms with van der Waals surface area (Å²) < 4.78 is 5.10. The number of hydrogen-bond acceptors (Lipinski definition) is 1. The van der Waals surface area contributed by atoms with Crippen molar-refractivity contribution in [3.63, 3.8) is 0 Å². The zero-order valence-electron chi connectivity index (χ0n) is 3.73. The first-order valence-electron chi connectivity index (χ1n) is 2.16. The molecule has 2 atom stereocenters. The molecule has 1 nitrogen and oxygen atoms in total. The van der Waals surface area contributed by atoms with Crippen molar-refractivity contribution in [2.75, 3.05) is 11.9 Å². The van der Waals surface area contributed by atoms with Gasteiger partial charge in [-0.3, -0.25) is 0 Å². The van der Waals surface area contributed by atoms with Crippen molar-refractivity contribution in [3.8, 4) is 0 Å². The molecule has 2 unspecified atom stereocenters. The largest absolute Gasteiger partial charge is 0.375 e. The van der Waals surface area contributed by atoms with E-state index in [0.29, 0.717) is 10.9 Å². The van der Waals surface area contributed by atoms with Crippen molar-refractivity contribution in [1.29, 1.82) is 0 Å². The Morgan fingerprint density at radius 3 is 2.43 bits per heavy atom. The maximum atomic E-state index is 5.10. The van der Waals surface area contributed by atoms with Gasteiger partial charge in [0.1, 0.15) is 0 Å². The van der Waals surface area contributed by atoms with E-state index in [1.165, 1.54) is 0 Å². The topological polar surface area (TPSA) is 9.23 Å². The van der Waals surface area contributed by atoms with Gasteiger partial charge in [-0.25, -0.2) is 0 Å². The van der Waals surface area contributed by atoms with Gasteiger partial charge in [0.05, 0.1) is 17.5 Å². The van der Waals surface area contributed by atoms with Crippen LogP contribution in [0.1, 0.15) is 0 Å². The maximum Gasteiger partial charge on any atom is 0.0819 e. The molecule has 0 aromatic carbocycles. The minimum atomic E-state index is 0.417. The van der Waals surface area contributed by atoms with Gasteiger partial charge in [0.25, 0.3) is 0 Å². The van der Waals surface area contributed by atoms with E-state index in [1.54, 1.807) is 0 Å². The van der Waals surface area contributed by atoms with Crippen LogP contribution in [0, 0.1) is 0 Å². The fourth-order valence-electron chi connectivity index (χ4n) is 0.446. The first kappa shape index (κ1) is 6.05. The van der Waals surface area contributed by atoms with Crippen LogP contribution in [0.2, 0.25) is 0 Å². The van der Waals surface area contributed by atoms with Gasteiger partial charge in [-0.2, -0.15) is 0 Å². The molecule has 0 bridgehead atoms. The molecule has 0 saturated carbocycles. The number of halogens is 2. The first-order valence-corrected chi connectivity index (χ1v) is 4.20. The number of rotatable bonds is 1. The van der Waals surface area contributed by atoms with Crippen molar-refractivity contribution in [3.05, 3.63) is 0 Å². The quantitative estimate of drug-likeness (QED) is 0.620. The minimum absolute atomic E-state index is 0.417. The van der Waals surface area contributed by atoms with Crippen molar-refractivity contribution in [2.24, 2.45) is 0 Å². The van der Waals surface area contributed by atoms with Crippen molar-refractivity contribution in [2.45, 2.75) is 10.9 Å². The second-order valence-corrected chi connectivity index (χ2v) is 3.37. The fourth-order valence-corrected chi connectivity index (χ4v) is 2.08. The lowest BCUT2D eigenvalue weighted by molar-refractivity contribution is -0.0220. The minimum Gasteiger partial charge on any atom is -0.375 e. The summed E-state index contributed by atoms with van der Waals surface area (Å²) in [4.78, 5) is 0.590. The third-order valence-electron chi connectivity index (χ3n) is 1.03.